The fraction of sp³-hybridized carbons (Fsp3) is 0.462. The van der Waals surface area contributed by atoms with E-state index in [4.69, 9.17) is 15.2 Å². The van der Waals surface area contributed by atoms with Gasteiger partial charge in [0.15, 0.2) is 17.3 Å². The highest BCUT2D eigenvalue weighted by molar-refractivity contribution is 6.03. The molecule has 0 amide bonds. The second-order valence-electron chi connectivity index (χ2n) is 4.21. The fourth-order valence-corrected chi connectivity index (χ4v) is 1.74. The van der Waals surface area contributed by atoms with Crippen molar-refractivity contribution in [1.29, 1.82) is 0 Å². The second kappa shape index (κ2) is 6.26. The third-order valence-corrected chi connectivity index (χ3v) is 2.53. The Hall–Kier alpha value is -1.98. The summed E-state index contributed by atoms with van der Waals surface area (Å²) in [6, 6.07) is 1.62. The van der Waals surface area contributed by atoms with Crippen molar-refractivity contribution in [2.75, 3.05) is 26.6 Å². The summed E-state index contributed by atoms with van der Waals surface area (Å²) in [7, 11) is 4.43. The number of nitrogens with one attached hydrogen (secondary N) is 1. The van der Waals surface area contributed by atoms with Gasteiger partial charge in [-0.05, 0) is 19.9 Å². The molecule has 3 N–H and O–H groups in total. The summed E-state index contributed by atoms with van der Waals surface area (Å²) in [6.45, 7) is 3.78. The molecule has 1 aromatic carbocycles. The van der Waals surface area contributed by atoms with Gasteiger partial charge in [-0.1, -0.05) is 0 Å². The number of anilines is 1. The van der Waals surface area contributed by atoms with Gasteiger partial charge in [-0.15, -0.1) is 0 Å². The Morgan fingerprint density at radius 3 is 2.42 bits per heavy atom. The summed E-state index contributed by atoms with van der Waals surface area (Å²) >= 11 is 0. The van der Waals surface area contributed by atoms with Crippen LogP contribution in [0, 0.1) is 5.82 Å². The summed E-state index contributed by atoms with van der Waals surface area (Å²) in [5.74, 6) is 0.00399. The van der Waals surface area contributed by atoms with Gasteiger partial charge in [0.1, 0.15) is 5.84 Å². The summed E-state index contributed by atoms with van der Waals surface area (Å²) in [6.07, 6.45) is 0. The predicted octanol–water partition coefficient (Wildman–Crippen LogP) is 2.00. The lowest BCUT2D eigenvalue weighted by molar-refractivity contribution is 0.338. The Morgan fingerprint density at radius 2 is 2.00 bits per heavy atom. The van der Waals surface area contributed by atoms with Crippen molar-refractivity contribution in [3.63, 3.8) is 0 Å². The zero-order chi connectivity index (χ0) is 14.6. The lowest BCUT2D eigenvalue weighted by Gasteiger charge is -2.16. The van der Waals surface area contributed by atoms with E-state index < -0.39 is 5.82 Å². The van der Waals surface area contributed by atoms with Gasteiger partial charge in [0, 0.05) is 18.7 Å². The minimum Gasteiger partial charge on any atom is -0.493 e. The highest BCUT2D eigenvalue weighted by atomic mass is 19.1. The normalized spacial score (nSPS) is 11.6. The van der Waals surface area contributed by atoms with E-state index in [9.17, 15) is 4.39 Å². The first-order valence-corrected chi connectivity index (χ1v) is 5.92. The van der Waals surface area contributed by atoms with Crippen LogP contribution in [0.2, 0.25) is 0 Å². The zero-order valence-corrected chi connectivity index (χ0v) is 11.9. The maximum Gasteiger partial charge on any atom is 0.199 e. The van der Waals surface area contributed by atoms with E-state index >= 15 is 0 Å². The Morgan fingerprint density at radius 1 is 1.37 bits per heavy atom. The number of halogens is 1. The zero-order valence-electron chi connectivity index (χ0n) is 11.9. The SMILES string of the molecule is CNc1c(/C(N)=N\C(C)C)cc(OC)c(OC)c1F. The van der Waals surface area contributed by atoms with E-state index in [0.717, 1.165) is 0 Å². The molecule has 0 radical (unpaired) electrons. The molecular weight excluding hydrogens is 249 g/mol. The van der Waals surface area contributed by atoms with Gasteiger partial charge in [-0.3, -0.25) is 4.99 Å². The molecular formula is C13H20FN3O2. The molecule has 0 aliphatic carbocycles. The largest absolute Gasteiger partial charge is 0.493 e. The number of amidine groups is 1. The summed E-state index contributed by atoms with van der Waals surface area (Å²) in [5, 5.41) is 2.77. The van der Waals surface area contributed by atoms with E-state index in [2.05, 4.69) is 10.3 Å². The Bertz CT molecular complexity index is 487. The van der Waals surface area contributed by atoms with Crippen molar-refractivity contribution < 1.29 is 13.9 Å². The lowest BCUT2D eigenvalue weighted by atomic mass is 10.1. The van der Waals surface area contributed by atoms with Crippen molar-refractivity contribution >= 4 is 11.5 Å². The molecule has 0 saturated carbocycles. The summed E-state index contributed by atoms with van der Waals surface area (Å²) in [4.78, 5) is 4.22. The van der Waals surface area contributed by atoms with Crippen LogP contribution in [0.3, 0.4) is 0 Å². The number of benzene rings is 1. The molecule has 5 nitrogen and oxygen atoms in total. The number of ether oxygens (including phenoxy) is 2. The molecule has 0 saturated heterocycles. The third-order valence-electron chi connectivity index (χ3n) is 2.53. The van der Waals surface area contributed by atoms with Crippen LogP contribution in [0.4, 0.5) is 10.1 Å². The van der Waals surface area contributed by atoms with Crippen LogP contribution in [-0.2, 0) is 0 Å². The molecule has 0 unspecified atom stereocenters. The number of hydrogen-bond donors (Lipinski definition) is 2. The van der Waals surface area contributed by atoms with E-state index in [1.807, 2.05) is 13.8 Å². The molecule has 0 spiro atoms. The molecule has 0 fully saturated rings. The third kappa shape index (κ3) is 3.07. The molecule has 106 valence electrons. The Balaban J connectivity index is 3.51. The standard InChI is InChI=1S/C13H20FN3O2/c1-7(2)17-13(15)8-6-9(18-4)12(19-5)10(14)11(8)16-3/h6-7,16H,1-5H3,(H2,15,17). The van der Waals surface area contributed by atoms with Crippen LogP contribution < -0.4 is 20.5 Å². The lowest BCUT2D eigenvalue weighted by Crippen LogP contribution is -2.19. The molecule has 0 atom stereocenters. The van der Waals surface area contributed by atoms with Gasteiger partial charge in [0.05, 0.1) is 19.9 Å². The smallest absolute Gasteiger partial charge is 0.199 e. The molecule has 0 bridgehead atoms. The summed E-state index contributed by atoms with van der Waals surface area (Å²) < 4.78 is 24.4. The van der Waals surface area contributed by atoms with Gasteiger partial charge in [0.25, 0.3) is 0 Å². The molecule has 0 aliphatic heterocycles. The van der Waals surface area contributed by atoms with Gasteiger partial charge in [-0.2, -0.15) is 0 Å². The first-order valence-electron chi connectivity index (χ1n) is 5.92. The number of aliphatic imine (C=N–C) groups is 1. The van der Waals surface area contributed by atoms with E-state index in [1.165, 1.54) is 14.2 Å². The molecule has 0 aliphatic rings. The van der Waals surface area contributed by atoms with Crippen LogP contribution in [0.15, 0.2) is 11.1 Å². The molecule has 1 rings (SSSR count). The van der Waals surface area contributed by atoms with E-state index in [-0.39, 0.29) is 29.1 Å². The maximum absolute atomic E-state index is 14.3. The highest BCUT2D eigenvalue weighted by Crippen LogP contribution is 2.37. The van der Waals surface area contributed by atoms with Crippen molar-refractivity contribution in [2.45, 2.75) is 19.9 Å². The Labute approximate surface area is 112 Å². The molecule has 1 aromatic rings. The fourth-order valence-electron chi connectivity index (χ4n) is 1.74. The quantitative estimate of drug-likeness (QED) is 0.633. The highest BCUT2D eigenvalue weighted by Gasteiger charge is 2.20. The van der Waals surface area contributed by atoms with Gasteiger partial charge >= 0.3 is 0 Å². The average molecular weight is 269 g/mol. The number of nitrogens with two attached hydrogens (primary N) is 1. The number of nitrogens with zero attached hydrogens (tertiary/aromatic N) is 1. The summed E-state index contributed by atoms with van der Waals surface area (Å²) in [5.41, 5.74) is 6.59. The number of hydrogen-bond acceptors (Lipinski definition) is 4. The average Bonchev–Trinajstić information content (AvgIpc) is 2.36. The molecule has 6 heteroatoms. The minimum absolute atomic E-state index is 0.0147. The second-order valence-corrected chi connectivity index (χ2v) is 4.21. The van der Waals surface area contributed by atoms with Gasteiger partial charge in [0.2, 0.25) is 0 Å². The van der Waals surface area contributed by atoms with Crippen LogP contribution in [-0.4, -0.2) is 33.1 Å². The first-order chi connectivity index (χ1) is 8.96. The topological polar surface area (TPSA) is 68.9 Å². The van der Waals surface area contributed by atoms with Crippen LogP contribution in [0.5, 0.6) is 11.5 Å². The van der Waals surface area contributed by atoms with Crippen molar-refractivity contribution in [3.05, 3.63) is 17.4 Å². The van der Waals surface area contributed by atoms with Gasteiger partial charge in [-0.25, -0.2) is 4.39 Å². The molecule has 0 aromatic heterocycles. The van der Waals surface area contributed by atoms with E-state index in [1.54, 1.807) is 13.1 Å². The van der Waals surface area contributed by atoms with E-state index in [0.29, 0.717) is 5.56 Å². The number of methoxy groups -OCH3 is 2. The monoisotopic (exact) mass is 269 g/mol. The first kappa shape index (κ1) is 15.1. The van der Waals surface area contributed by atoms with Crippen molar-refractivity contribution in [3.8, 4) is 11.5 Å². The van der Waals surface area contributed by atoms with Crippen molar-refractivity contribution in [1.82, 2.24) is 0 Å². The van der Waals surface area contributed by atoms with Gasteiger partial charge < -0.3 is 20.5 Å². The molecule has 19 heavy (non-hydrogen) atoms. The minimum atomic E-state index is -0.554. The van der Waals surface area contributed by atoms with Crippen LogP contribution in [0.25, 0.3) is 0 Å². The molecule has 0 heterocycles. The number of rotatable bonds is 5. The predicted molar refractivity (Wildman–Crippen MR) is 74.9 cm³/mol. The van der Waals surface area contributed by atoms with Crippen molar-refractivity contribution in [2.24, 2.45) is 10.7 Å². The van der Waals surface area contributed by atoms with Crippen LogP contribution >= 0.6 is 0 Å². The Kier molecular flexibility index (Phi) is 4.97. The van der Waals surface area contributed by atoms with Crippen LogP contribution in [0.1, 0.15) is 19.4 Å². The maximum atomic E-state index is 14.3.